The Labute approximate surface area is 129 Å². The number of hydrogen-bond donors (Lipinski definition) is 1. The van der Waals surface area contributed by atoms with Crippen LogP contribution < -0.4 is 5.32 Å². The SMILES string of the molecule is C[C@H](c1ccccc1C(F)(F)F)N1CCNCC1.Cl.Cl. The lowest BCUT2D eigenvalue weighted by Crippen LogP contribution is -2.44. The zero-order valence-corrected chi connectivity index (χ0v) is 12.7. The summed E-state index contributed by atoms with van der Waals surface area (Å²) < 4.78 is 38.8. The molecule has 1 saturated heterocycles. The van der Waals surface area contributed by atoms with Crippen LogP contribution in [0.5, 0.6) is 0 Å². The second-order valence-corrected chi connectivity index (χ2v) is 4.55. The topological polar surface area (TPSA) is 15.3 Å². The summed E-state index contributed by atoms with van der Waals surface area (Å²) in [6, 6.07) is 5.65. The van der Waals surface area contributed by atoms with Gasteiger partial charge in [0.25, 0.3) is 0 Å². The number of alkyl halides is 3. The van der Waals surface area contributed by atoms with E-state index in [0.717, 1.165) is 32.2 Å². The minimum Gasteiger partial charge on any atom is -0.314 e. The predicted molar refractivity (Wildman–Crippen MR) is 78.8 cm³/mol. The van der Waals surface area contributed by atoms with Crippen LogP contribution in [0.1, 0.15) is 24.1 Å². The highest BCUT2D eigenvalue weighted by Crippen LogP contribution is 2.36. The second kappa shape index (κ2) is 8.08. The molecular formula is C13H19Cl2F3N2. The van der Waals surface area contributed by atoms with Crippen molar-refractivity contribution in [3.8, 4) is 0 Å². The first-order chi connectivity index (χ1) is 8.50. The molecule has 0 amide bonds. The molecule has 116 valence electrons. The molecule has 0 radical (unpaired) electrons. The smallest absolute Gasteiger partial charge is 0.314 e. The van der Waals surface area contributed by atoms with Crippen molar-refractivity contribution >= 4 is 24.8 Å². The molecule has 1 aliphatic heterocycles. The summed E-state index contributed by atoms with van der Waals surface area (Å²) in [6.07, 6.45) is -4.28. The molecule has 1 aromatic carbocycles. The maximum atomic E-state index is 12.9. The first-order valence-electron chi connectivity index (χ1n) is 6.11. The highest BCUT2D eigenvalue weighted by atomic mass is 35.5. The normalized spacial score (nSPS) is 17.8. The molecule has 0 spiro atoms. The Balaban J connectivity index is 0.00000180. The maximum absolute atomic E-state index is 12.9. The fourth-order valence-electron chi connectivity index (χ4n) is 2.39. The van der Waals surface area contributed by atoms with Gasteiger partial charge in [0, 0.05) is 32.2 Å². The molecule has 7 heteroatoms. The van der Waals surface area contributed by atoms with Crippen LogP contribution in [-0.2, 0) is 6.18 Å². The largest absolute Gasteiger partial charge is 0.416 e. The van der Waals surface area contributed by atoms with Crippen molar-refractivity contribution in [1.29, 1.82) is 0 Å². The van der Waals surface area contributed by atoms with E-state index in [0.29, 0.717) is 5.56 Å². The predicted octanol–water partition coefficient (Wildman–Crippen LogP) is 3.52. The van der Waals surface area contributed by atoms with Gasteiger partial charge in [-0.3, -0.25) is 4.90 Å². The first-order valence-corrected chi connectivity index (χ1v) is 6.11. The van der Waals surface area contributed by atoms with Crippen LogP contribution >= 0.6 is 24.8 Å². The highest BCUT2D eigenvalue weighted by molar-refractivity contribution is 5.85. The summed E-state index contributed by atoms with van der Waals surface area (Å²) >= 11 is 0. The summed E-state index contributed by atoms with van der Waals surface area (Å²) in [7, 11) is 0. The van der Waals surface area contributed by atoms with E-state index in [9.17, 15) is 13.2 Å². The molecule has 1 heterocycles. The summed E-state index contributed by atoms with van der Waals surface area (Å²) in [5, 5.41) is 3.20. The third-order valence-corrected chi connectivity index (χ3v) is 3.42. The summed E-state index contributed by atoms with van der Waals surface area (Å²) in [4.78, 5) is 2.08. The van der Waals surface area contributed by atoms with Crippen molar-refractivity contribution in [1.82, 2.24) is 10.2 Å². The molecule has 0 unspecified atom stereocenters. The Morgan fingerprint density at radius 3 is 2.20 bits per heavy atom. The molecule has 1 N–H and O–H groups in total. The van der Waals surface area contributed by atoms with Crippen molar-refractivity contribution in [2.24, 2.45) is 0 Å². The molecule has 20 heavy (non-hydrogen) atoms. The van der Waals surface area contributed by atoms with Gasteiger partial charge in [-0.05, 0) is 18.6 Å². The Hall–Kier alpha value is -0.490. The molecule has 1 aliphatic rings. The molecule has 2 rings (SSSR count). The van der Waals surface area contributed by atoms with E-state index in [1.54, 1.807) is 12.1 Å². The van der Waals surface area contributed by atoms with Crippen LogP contribution in [0.2, 0.25) is 0 Å². The average Bonchev–Trinajstić information content (AvgIpc) is 2.38. The number of benzene rings is 1. The zero-order valence-electron chi connectivity index (χ0n) is 11.1. The van der Waals surface area contributed by atoms with E-state index in [-0.39, 0.29) is 30.9 Å². The van der Waals surface area contributed by atoms with Gasteiger partial charge in [0.1, 0.15) is 0 Å². The van der Waals surface area contributed by atoms with Crippen LogP contribution in [-0.4, -0.2) is 31.1 Å². The molecule has 0 bridgehead atoms. The molecule has 1 atom stereocenters. The highest BCUT2D eigenvalue weighted by Gasteiger charge is 2.35. The minimum atomic E-state index is -4.28. The van der Waals surface area contributed by atoms with Crippen LogP contribution in [0, 0.1) is 0 Å². The van der Waals surface area contributed by atoms with E-state index in [4.69, 9.17) is 0 Å². The van der Waals surface area contributed by atoms with Crippen molar-refractivity contribution < 1.29 is 13.2 Å². The van der Waals surface area contributed by atoms with Crippen LogP contribution in [0.4, 0.5) is 13.2 Å². The summed E-state index contributed by atoms with van der Waals surface area (Å²) in [5.41, 5.74) is -0.150. The average molecular weight is 331 g/mol. The summed E-state index contributed by atoms with van der Waals surface area (Å²) in [6.45, 7) is 5.08. The second-order valence-electron chi connectivity index (χ2n) is 4.55. The summed E-state index contributed by atoms with van der Waals surface area (Å²) in [5.74, 6) is 0. The van der Waals surface area contributed by atoms with E-state index in [2.05, 4.69) is 10.2 Å². The lowest BCUT2D eigenvalue weighted by atomic mass is 9.99. The van der Waals surface area contributed by atoms with E-state index < -0.39 is 11.7 Å². The molecule has 0 aromatic heterocycles. The molecule has 0 aliphatic carbocycles. The maximum Gasteiger partial charge on any atom is 0.416 e. The minimum absolute atomic E-state index is 0. The molecule has 1 fully saturated rings. The number of rotatable bonds is 2. The monoisotopic (exact) mass is 330 g/mol. The Bertz CT molecular complexity index is 407. The van der Waals surface area contributed by atoms with Gasteiger partial charge >= 0.3 is 6.18 Å². The van der Waals surface area contributed by atoms with Gasteiger partial charge in [-0.1, -0.05) is 18.2 Å². The number of nitrogens with zero attached hydrogens (tertiary/aromatic N) is 1. The first kappa shape index (κ1) is 19.5. The van der Waals surface area contributed by atoms with Gasteiger partial charge in [-0.15, -0.1) is 24.8 Å². The van der Waals surface area contributed by atoms with Gasteiger partial charge in [0.15, 0.2) is 0 Å². The molecule has 0 saturated carbocycles. The Morgan fingerprint density at radius 1 is 1.10 bits per heavy atom. The lowest BCUT2D eigenvalue weighted by molar-refractivity contribution is -0.138. The van der Waals surface area contributed by atoms with Gasteiger partial charge in [-0.25, -0.2) is 0 Å². The third-order valence-electron chi connectivity index (χ3n) is 3.42. The quantitative estimate of drug-likeness (QED) is 0.892. The van der Waals surface area contributed by atoms with Crippen molar-refractivity contribution in [3.05, 3.63) is 35.4 Å². The number of nitrogens with one attached hydrogen (secondary N) is 1. The fourth-order valence-corrected chi connectivity index (χ4v) is 2.39. The molecule has 1 aromatic rings. The Kier molecular flexibility index (Phi) is 7.88. The van der Waals surface area contributed by atoms with Crippen molar-refractivity contribution in [3.63, 3.8) is 0 Å². The van der Waals surface area contributed by atoms with Gasteiger partial charge in [0.2, 0.25) is 0 Å². The fraction of sp³-hybridized carbons (Fsp3) is 0.538. The Morgan fingerprint density at radius 2 is 1.65 bits per heavy atom. The van der Waals surface area contributed by atoms with Crippen LogP contribution in [0.25, 0.3) is 0 Å². The van der Waals surface area contributed by atoms with Crippen LogP contribution in [0.3, 0.4) is 0 Å². The van der Waals surface area contributed by atoms with Crippen LogP contribution in [0.15, 0.2) is 24.3 Å². The molecule has 2 nitrogen and oxygen atoms in total. The number of piperazine rings is 1. The lowest BCUT2D eigenvalue weighted by Gasteiger charge is -2.34. The van der Waals surface area contributed by atoms with Gasteiger partial charge < -0.3 is 5.32 Å². The van der Waals surface area contributed by atoms with E-state index in [1.165, 1.54) is 6.07 Å². The van der Waals surface area contributed by atoms with Crippen molar-refractivity contribution in [2.75, 3.05) is 26.2 Å². The zero-order chi connectivity index (χ0) is 13.2. The van der Waals surface area contributed by atoms with E-state index >= 15 is 0 Å². The van der Waals surface area contributed by atoms with Gasteiger partial charge in [-0.2, -0.15) is 13.2 Å². The molecular weight excluding hydrogens is 312 g/mol. The standard InChI is InChI=1S/C13H17F3N2.2ClH/c1-10(18-8-6-17-7-9-18)11-4-2-3-5-12(11)13(14,15)16;;/h2-5,10,17H,6-9H2,1H3;2*1H/t10-;;/m1../s1. The number of halogens is 5. The number of hydrogen-bond acceptors (Lipinski definition) is 2. The van der Waals surface area contributed by atoms with Gasteiger partial charge in [0.05, 0.1) is 5.56 Å². The third kappa shape index (κ3) is 4.52. The van der Waals surface area contributed by atoms with E-state index in [1.807, 2.05) is 6.92 Å². The van der Waals surface area contributed by atoms with Crippen molar-refractivity contribution in [2.45, 2.75) is 19.1 Å².